The second-order valence-electron chi connectivity index (χ2n) is 7.12. The highest BCUT2D eigenvalue weighted by Crippen LogP contribution is 2.23. The van der Waals surface area contributed by atoms with Crippen molar-refractivity contribution < 1.29 is 9.59 Å². The fraction of sp³-hybridized carbons (Fsp3) is 0.875. The van der Waals surface area contributed by atoms with Crippen molar-refractivity contribution in [3.05, 3.63) is 0 Å². The summed E-state index contributed by atoms with van der Waals surface area (Å²) in [7, 11) is 0. The quantitative estimate of drug-likeness (QED) is 0.778. The van der Waals surface area contributed by atoms with Crippen LogP contribution in [0.1, 0.15) is 26.7 Å². The molecule has 0 bridgehead atoms. The Morgan fingerprint density at radius 2 is 1.77 bits per heavy atom. The lowest BCUT2D eigenvalue weighted by atomic mass is 10.0. The van der Waals surface area contributed by atoms with E-state index in [-0.39, 0.29) is 11.8 Å². The molecule has 2 heterocycles. The highest BCUT2D eigenvalue weighted by molar-refractivity contribution is 5.78. The molecular formula is C16H28N4O2. The fourth-order valence-corrected chi connectivity index (χ4v) is 3.72. The average molecular weight is 308 g/mol. The van der Waals surface area contributed by atoms with Crippen molar-refractivity contribution in [3.8, 4) is 0 Å². The van der Waals surface area contributed by atoms with E-state index >= 15 is 0 Å². The van der Waals surface area contributed by atoms with Crippen molar-refractivity contribution in [2.75, 3.05) is 45.8 Å². The Balaban J connectivity index is 1.46. The molecule has 3 aliphatic rings. The Labute approximate surface area is 132 Å². The molecule has 0 radical (unpaired) electrons. The number of hydrogen-bond donors (Lipinski definition) is 1. The number of carbonyl (C=O) groups is 2. The number of hydrogen-bond acceptors (Lipinski definition) is 4. The molecule has 124 valence electrons. The lowest BCUT2D eigenvalue weighted by Crippen LogP contribution is -2.53. The van der Waals surface area contributed by atoms with E-state index in [4.69, 9.17) is 0 Å². The molecule has 2 atom stereocenters. The van der Waals surface area contributed by atoms with Gasteiger partial charge in [0.2, 0.25) is 11.8 Å². The van der Waals surface area contributed by atoms with Crippen molar-refractivity contribution in [2.24, 2.45) is 5.92 Å². The van der Waals surface area contributed by atoms with Crippen LogP contribution in [0, 0.1) is 5.92 Å². The average Bonchev–Trinajstić information content (AvgIpc) is 3.21. The van der Waals surface area contributed by atoms with Gasteiger partial charge in [-0.05, 0) is 18.8 Å². The van der Waals surface area contributed by atoms with Gasteiger partial charge < -0.3 is 10.2 Å². The first kappa shape index (κ1) is 15.7. The van der Waals surface area contributed by atoms with Crippen LogP contribution in [0.3, 0.4) is 0 Å². The maximum Gasteiger partial charge on any atom is 0.234 e. The van der Waals surface area contributed by atoms with Gasteiger partial charge in [-0.25, -0.2) is 0 Å². The van der Waals surface area contributed by atoms with E-state index in [0.717, 1.165) is 52.1 Å². The van der Waals surface area contributed by atoms with E-state index in [9.17, 15) is 9.59 Å². The van der Waals surface area contributed by atoms with Crippen molar-refractivity contribution in [2.45, 2.75) is 38.8 Å². The van der Waals surface area contributed by atoms with Gasteiger partial charge >= 0.3 is 0 Å². The summed E-state index contributed by atoms with van der Waals surface area (Å²) in [5, 5.41) is 3.07. The lowest BCUT2D eigenvalue weighted by Gasteiger charge is -2.39. The maximum atomic E-state index is 11.9. The molecule has 0 aromatic carbocycles. The molecule has 0 aromatic rings. The number of carbonyl (C=O) groups excluding carboxylic acids is 2. The van der Waals surface area contributed by atoms with Crippen molar-refractivity contribution >= 4 is 11.8 Å². The topological polar surface area (TPSA) is 55.9 Å². The van der Waals surface area contributed by atoms with Crippen LogP contribution in [0.5, 0.6) is 0 Å². The molecule has 22 heavy (non-hydrogen) atoms. The number of likely N-dealkylation sites (tertiary alicyclic amines) is 1. The van der Waals surface area contributed by atoms with Gasteiger partial charge in [0.1, 0.15) is 0 Å². The fourth-order valence-electron chi connectivity index (χ4n) is 3.72. The predicted octanol–water partition coefficient (Wildman–Crippen LogP) is -0.251. The van der Waals surface area contributed by atoms with Crippen LogP contribution in [-0.4, -0.2) is 84.4 Å². The van der Waals surface area contributed by atoms with E-state index in [1.807, 2.05) is 4.90 Å². The Bertz CT molecular complexity index is 430. The third-order valence-electron chi connectivity index (χ3n) is 5.19. The Hall–Kier alpha value is -1.14. The number of nitrogens with zero attached hydrogens (tertiary/aromatic N) is 3. The first-order valence-electron chi connectivity index (χ1n) is 8.54. The molecular weight excluding hydrogens is 280 g/mol. The summed E-state index contributed by atoms with van der Waals surface area (Å²) in [6.07, 6.45) is 2.29. The smallest absolute Gasteiger partial charge is 0.234 e. The summed E-state index contributed by atoms with van der Waals surface area (Å²) in [4.78, 5) is 30.1. The van der Waals surface area contributed by atoms with Gasteiger partial charge in [0, 0.05) is 58.3 Å². The van der Waals surface area contributed by atoms with Crippen LogP contribution in [0.2, 0.25) is 0 Å². The zero-order valence-corrected chi connectivity index (χ0v) is 13.8. The van der Waals surface area contributed by atoms with Gasteiger partial charge in [0.05, 0.1) is 6.54 Å². The monoisotopic (exact) mass is 308 g/mol. The van der Waals surface area contributed by atoms with Gasteiger partial charge in [-0.2, -0.15) is 0 Å². The first-order chi connectivity index (χ1) is 10.5. The van der Waals surface area contributed by atoms with Gasteiger partial charge in [-0.3, -0.25) is 19.4 Å². The highest BCUT2D eigenvalue weighted by Gasteiger charge is 2.36. The summed E-state index contributed by atoms with van der Waals surface area (Å²) >= 11 is 0. The van der Waals surface area contributed by atoms with E-state index in [1.165, 1.54) is 0 Å². The van der Waals surface area contributed by atoms with Crippen LogP contribution < -0.4 is 5.32 Å². The molecule has 2 aliphatic heterocycles. The van der Waals surface area contributed by atoms with E-state index in [1.54, 1.807) is 6.92 Å². The van der Waals surface area contributed by atoms with Crippen LogP contribution in [0.25, 0.3) is 0 Å². The third-order valence-corrected chi connectivity index (χ3v) is 5.19. The minimum absolute atomic E-state index is 0.178. The standard InChI is InChI=1S/C16H28N4O2/c1-12-9-18(11-16(22)17-14-3-4-14)10-15(12)20-7-5-19(6-8-20)13(2)21/h12,14-15H,3-11H2,1-2H3,(H,17,22)/t12-,15-/m1/s1. The Morgan fingerprint density at radius 3 is 2.36 bits per heavy atom. The van der Waals surface area contributed by atoms with Crippen LogP contribution in [-0.2, 0) is 9.59 Å². The van der Waals surface area contributed by atoms with Gasteiger partial charge in [-0.15, -0.1) is 0 Å². The number of nitrogens with one attached hydrogen (secondary N) is 1. The van der Waals surface area contributed by atoms with Crippen molar-refractivity contribution in [3.63, 3.8) is 0 Å². The lowest BCUT2D eigenvalue weighted by molar-refractivity contribution is -0.131. The summed E-state index contributed by atoms with van der Waals surface area (Å²) < 4.78 is 0. The van der Waals surface area contributed by atoms with Gasteiger partial charge in [0.15, 0.2) is 0 Å². The largest absolute Gasteiger partial charge is 0.352 e. The minimum Gasteiger partial charge on any atom is -0.352 e. The minimum atomic E-state index is 0.178. The molecule has 1 aliphatic carbocycles. The molecule has 2 amide bonds. The molecule has 6 heteroatoms. The zero-order chi connectivity index (χ0) is 15.7. The molecule has 2 saturated heterocycles. The summed E-state index contributed by atoms with van der Waals surface area (Å²) in [6.45, 7) is 10.0. The maximum absolute atomic E-state index is 11.9. The van der Waals surface area contributed by atoms with E-state index in [2.05, 4.69) is 22.0 Å². The Morgan fingerprint density at radius 1 is 1.09 bits per heavy atom. The van der Waals surface area contributed by atoms with Crippen LogP contribution in [0.4, 0.5) is 0 Å². The van der Waals surface area contributed by atoms with Crippen molar-refractivity contribution in [1.29, 1.82) is 0 Å². The predicted molar refractivity (Wildman–Crippen MR) is 84.4 cm³/mol. The molecule has 0 aromatic heterocycles. The first-order valence-corrected chi connectivity index (χ1v) is 8.54. The second-order valence-corrected chi connectivity index (χ2v) is 7.12. The summed E-state index contributed by atoms with van der Waals surface area (Å²) in [6, 6.07) is 0.964. The molecule has 0 spiro atoms. The molecule has 1 N–H and O–H groups in total. The number of rotatable bonds is 4. The van der Waals surface area contributed by atoms with Crippen LogP contribution in [0.15, 0.2) is 0 Å². The van der Waals surface area contributed by atoms with Crippen molar-refractivity contribution in [1.82, 2.24) is 20.0 Å². The molecule has 0 unspecified atom stereocenters. The Kier molecular flexibility index (Phi) is 4.68. The van der Waals surface area contributed by atoms with E-state index in [0.29, 0.717) is 24.5 Å². The second kappa shape index (κ2) is 6.54. The van der Waals surface area contributed by atoms with Crippen LogP contribution >= 0.6 is 0 Å². The third kappa shape index (κ3) is 3.79. The number of amides is 2. The molecule has 3 rings (SSSR count). The molecule has 3 fully saturated rings. The van der Waals surface area contributed by atoms with Gasteiger partial charge in [0.25, 0.3) is 0 Å². The van der Waals surface area contributed by atoms with E-state index < -0.39 is 0 Å². The van der Waals surface area contributed by atoms with Gasteiger partial charge in [-0.1, -0.05) is 6.92 Å². The summed E-state index contributed by atoms with van der Waals surface area (Å²) in [5.41, 5.74) is 0. The highest BCUT2D eigenvalue weighted by atomic mass is 16.2. The normalized spacial score (nSPS) is 30.5. The SMILES string of the molecule is CC(=O)N1CCN([C@@H]2CN(CC(=O)NC3CC3)C[C@H]2C)CC1. The molecule has 1 saturated carbocycles. The molecule has 6 nitrogen and oxygen atoms in total. The zero-order valence-electron chi connectivity index (χ0n) is 13.8. The number of piperazine rings is 1. The summed E-state index contributed by atoms with van der Waals surface area (Å²) in [5.74, 6) is 0.937.